The third-order valence-electron chi connectivity index (χ3n) is 9.25. The highest BCUT2D eigenvalue weighted by molar-refractivity contribution is 6.02. The summed E-state index contributed by atoms with van der Waals surface area (Å²) < 4.78 is 21.0. The fourth-order valence-corrected chi connectivity index (χ4v) is 7.53. The number of rotatable bonds is 8. The molecule has 0 spiro atoms. The van der Waals surface area contributed by atoms with E-state index in [9.17, 15) is 24.0 Å². The highest BCUT2D eigenvalue weighted by Gasteiger charge is 2.70. The van der Waals surface area contributed by atoms with E-state index in [1.807, 2.05) is 33.8 Å². The van der Waals surface area contributed by atoms with Crippen LogP contribution >= 0.6 is 0 Å². The van der Waals surface area contributed by atoms with E-state index in [-0.39, 0.29) is 55.4 Å². The maximum absolute atomic E-state index is 13.9. The Morgan fingerprint density at radius 3 is 2.34 bits per heavy atom. The van der Waals surface area contributed by atoms with Crippen LogP contribution in [0.25, 0.3) is 0 Å². The molecule has 0 aromatic rings. The van der Waals surface area contributed by atoms with Crippen LogP contribution in [0, 0.1) is 28.6 Å². The van der Waals surface area contributed by atoms with Gasteiger partial charge in [0.1, 0.15) is 5.78 Å². The fraction of sp³-hybridized carbons (Fsp3) is 0.690. The third-order valence-corrected chi connectivity index (χ3v) is 9.25. The van der Waals surface area contributed by atoms with Crippen LogP contribution in [0.2, 0.25) is 0 Å². The highest BCUT2D eigenvalue weighted by atomic mass is 16.7. The van der Waals surface area contributed by atoms with Crippen molar-refractivity contribution in [2.24, 2.45) is 28.6 Å². The molecule has 0 radical (unpaired) electrons. The molecule has 208 valence electrons. The van der Waals surface area contributed by atoms with E-state index in [1.54, 1.807) is 6.08 Å². The number of hydrogen-bond donors (Lipinski definition) is 0. The van der Waals surface area contributed by atoms with Crippen LogP contribution in [0.5, 0.6) is 0 Å². The second kappa shape index (κ2) is 10.7. The van der Waals surface area contributed by atoms with Crippen molar-refractivity contribution in [3.8, 4) is 0 Å². The molecule has 0 aromatic heterocycles. The molecule has 6 atom stereocenters. The van der Waals surface area contributed by atoms with Crippen molar-refractivity contribution < 1.29 is 42.9 Å². The quantitative estimate of drug-likeness (QED) is 0.403. The highest BCUT2D eigenvalue weighted by Crippen LogP contribution is 2.67. The largest absolute Gasteiger partial charge is 0.509 e. The number of fused-ring (bicyclic) bond motifs is 5. The standard InChI is InChI=1S/C29H38O9/c1-5-13-35-25(33)37-17-23(32)29(38-26(34)36-14-6-2)12-10-21-20-8-7-18-15-19(30)9-11-27(18,3)24(20)22(31)16-28(21,29)4/h9,11,15,20-21,24H,5-8,10,12-14,16-17H2,1-4H3/t20-,21-,24+,27-,28-,29-/m0/s1. The van der Waals surface area contributed by atoms with E-state index in [2.05, 4.69) is 0 Å². The molecule has 9 nitrogen and oxygen atoms in total. The molecule has 9 heteroatoms. The Bertz CT molecular complexity index is 1070. The predicted molar refractivity (Wildman–Crippen MR) is 135 cm³/mol. The minimum absolute atomic E-state index is 0.0197. The molecule has 4 aliphatic carbocycles. The van der Waals surface area contributed by atoms with Crippen molar-refractivity contribution in [1.29, 1.82) is 0 Å². The zero-order chi connectivity index (χ0) is 27.7. The van der Waals surface area contributed by atoms with Gasteiger partial charge in [-0.25, -0.2) is 9.59 Å². The summed E-state index contributed by atoms with van der Waals surface area (Å²) >= 11 is 0. The summed E-state index contributed by atoms with van der Waals surface area (Å²) in [7, 11) is 0. The normalized spacial score (nSPS) is 35.4. The lowest BCUT2D eigenvalue weighted by molar-refractivity contribution is -0.173. The lowest BCUT2D eigenvalue weighted by Crippen LogP contribution is -2.62. The van der Waals surface area contributed by atoms with Gasteiger partial charge < -0.3 is 18.9 Å². The van der Waals surface area contributed by atoms with Gasteiger partial charge >= 0.3 is 12.3 Å². The second-order valence-electron chi connectivity index (χ2n) is 11.4. The Labute approximate surface area is 223 Å². The molecule has 0 N–H and O–H groups in total. The number of carbonyl (C=O) groups is 5. The first-order valence-electron chi connectivity index (χ1n) is 13.7. The first kappa shape index (κ1) is 28.0. The molecule has 38 heavy (non-hydrogen) atoms. The number of allylic oxidation sites excluding steroid dienone is 4. The molecule has 0 amide bonds. The van der Waals surface area contributed by atoms with Crippen molar-refractivity contribution in [1.82, 2.24) is 0 Å². The summed E-state index contributed by atoms with van der Waals surface area (Å²) in [5, 5.41) is 0. The van der Waals surface area contributed by atoms with E-state index in [0.29, 0.717) is 32.1 Å². The van der Waals surface area contributed by atoms with Crippen molar-refractivity contribution in [3.05, 3.63) is 23.8 Å². The van der Waals surface area contributed by atoms with Crippen LogP contribution in [-0.4, -0.2) is 55.1 Å². The van der Waals surface area contributed by atoms with Gasteiger partial charge in [0, 0.05) is 23.2 Å². The summed E-state index contributed by atoms with van der Waals surface area (Å²) in [4.78, 5) is 64.5. The number of carbonyl (C=O) groups excluding carboxylic acids is 5. The topological polar surface area (TPSA) is 122 Å². The number of ether oxygens (including phenoxy) is 4. The first-order chi connectivity index (χ1) is 18.0. The SMILES string of the molecule is CCCOC(=O)OCC(=O)[C@@]1(OC(=O)OCCC)CC[C@H]2[C@@H]3CCC4=CC(=O)C=C[C@]4(C)[C@H]3C(=O)C[C@@]21C. The van der Waals surface area contributed by atoms with Crippen LogP contribution in [0.4, 0.5) is 9.59 Å². The average Bonchev–Trinajstić information content (AvgIpc) is 3.17. The molecule has 0 saturated heterocycles. The van der Waals surface area contributed by atoms with Gasteiger partial charge in [-0.05, 0) is 62.5 Å². The second-order valence-corrected chi connectivity index (χ2v) is 11.4. The van der Waals surface area contributed by atoms with Crippen LogP contribution in [0.3, 0.4) is 0 Å². The zero-order valence-electron chi connectivity index (χ0n) is 22.7. The molecular formula is C29H38O9. The summed E-state index contributed by atoms with van der Waals surface area (Å²) in [6.45, 7) is 7.19. The number of ketones is 3. The third kappa shape index (κ3) is 4.58. The van der Waals surface area contributed by atoms with Crippen LogP contribution in [0.1, 0.15) is 72.6 Å². The minimum Gasteiger partial charge on any atom is -0.434 e. The molecular weight excluding hydrogens is 492 g/mol. The van der Waals surface area contributed by atoms with Crippen LogP contribution < -0.4 is 0 Å². The lowest BCUT2D eigenvalue weighted by atomic mass is 9.46. The van der Waals surface area contributed by atoms with Crippen LogP contribution in [-0.2, 0) is 33.3 Å². The van der Waals surface area contributed by atoms with E-state index in [1.165, 1.54) is 6.08 Å². The van der Waals surface area contributed by atoms with Crippen molar-refractivity contribution >= 4 is 29.7 Å². The smallest absolute Gasteiger partial charge is 0.434 e. The molecule has 3 saturated carbocycles. The van der Waals surface area contributed by atoms with Gasteiger partial charge in [0.15, 0.2) is 18.0 Å². The van der Waals surface area contributed by atoms with Crippen molar-refractivity contribution in [2.45, 2.75) is 78.2 Å². The lowest BCUT2D eigenvalue weighted by Gasteiger charge is -2.57. The summed E-state index contributed by atoms with van der Waals surface area (Å²) in [6.07, 6.45) is 6.46. The molecule has 0 aromatic carbocycles. The predicted octanol–water partition coefficient (Wildman–Crippen LogP) is 4.91. The molecule has 0 unspecified atom stereocenters. The van der Waals surface area contributed by atoms with Gasteiger partial charge in [0.2, 0.25) is 5.78 Å². The molecule has 0 heterocycles. The van der Waals surface area contributed by atoms with Gasteiger partial charge in [0.25, 0.3) is 0 Å². The van der Waals surface area contributed by atoms with Gasteiger partial charge in [-0.1, -0.05) is 39.3 Å². The van der Waals surface area contributed by atoms with Crippen molar-refractivity contribution in [2.75, 3.05) is 19.8 Å². The van der Waals surface area contributed by atoms with E-state index in [0.717, 1.165) is 5.57 Å². The van der Waals surface area contributed by atoms with Gasteiger partial charge in [-0.2, -0.15) is 0 Å². The average molecular weight is 531 g/mol. The Kier molecular flexibility index (Phi) is 7.86. The Morgan fingerprint density at radius 1 is 0.974 bits per heavy atom. The molecule has 0 bridgehead atoms. The minimum atomic E-state index is -1.68. The maximum atomic E-state index is 13.9. The summed E-state index contributed by atoms with van der Waals surface area (Å²) in [5.41, 5.74) is -2.26. The molecule has 4 aliphatic rings. The van der Waals surface area contributed by atoms with Gasteiger partial charge in [-0.3, -0.25) is 14.4 Å². The molecule has 3 fully saturated rings. The van der Waals surface area contributed by atoms with E-state index < -0.39 is 41.1 Å². The van der Waals surface area contributed by atoms with Crippen LogP contribution in [0.15, 0.2) is 23.8 Å². The molecule has 4 rings (SSSR count). The summed E-state index contributed by atoms with van der Waals surface area (Å²) in [6, 6.07) is 0. The number of hydrogen-bond acceptors (Lipinski definition) is 9. The fourth-order valence-electron chi connectivity index (χ4n) is 7.53. The van der Waals surface area contributed by atoms with Crippen molar-refractivity contribution in [3.63, 3.8) is 0 Å². The van der Waals surface area contributed by atoms with Gasteiger partial charge in [-0.15, -0.1) is 0 Å². The maximum Gasteiger partial charge on any atom is 0.509 e. The van der Waals surface area contributed by atoms with Gasteiger partial charge in [0.05, 0.1) is 13.2 Å². The summed E-state index contributed by atoms with van der Waals surface area (Å²) in [5.74, 6) is -1.14. The monoisotopic (exact) mass is 530 g/mol. The molecule has 0 aliphatic heterocycles. The Balaban J connectivity index is 1.66. The zero-order valence-corrected chi connectivity index (χ0v) is 22.7. The van der Waals surface area contributed by atoms with E-state index >= 15 is 0 Å². The first-order valence-corrected chi connectivity index (χ1v) is 13.7. The Morgan fingerprint density at radius 2 is 1.66 bits per heavy atom. The van der Waals surface area contributed by atoms with E-state index in [4.69, 9.17) is 18.9 Å². The number of Topliss-reactive ketones (excluding diaryl/α,β-unsaturated/α-hetero) is 2. The Hall–Kier alpha value is -2.97.